The number of fused-ring (bicyclic) bond motifs is 1. The minimum atomic E-state index is -1.23. The number of carboxylic acids is 1. The van der Waals surface area contributed by atoms with Crippen molar-refractivity contribution < 1.29 is 29.2 Å². The van der Waals surface area contributed by atoms with Gasteiger partial charge < -0.3 is 9.84 Å². The Balaban J connectivity index is 2.10. The fourth-order valence-electron chi connectivity index (χ4n) is 2.56. The van der Waals surface area contributed by atoms with Crippen LogP contribution >= 0.6 is 0 Å². The molecule has 126 valence electrons. The Bertz CT molecular complexity index is 951. The molecule has 0 atom stereocenters. The van der Waals surface area contributed by atoms with Crippen LogP contribution in [-0.2, 0) is 0 Å². The summed E-state index contributed by atoms with van der Waals surface area (Å²) >= 11 is 0. The average Bonchev–Trinajstić information content (AvgIpc) is 2.84. The van der Waals surface area contributed by atoms with E-state index < -0.39 is 22.7 Å². The molecular weight excluding hydrogens is 332 g/mol. The largest absolute Gasteiger partial charge is 0.494 e. The van der Waals surface area contributed by atoms with Crippen molar-refractivity contribution in [1.29, 1.82) is 0 Å². The molecule has 25 heavy (non-hydrogen) atoms. The number of benzene rings is 2. The first-order valence-electron chi connectivity index (χ1n) is 6.93. The maximum Gasteiger partial charge on any atom is 0.335 e. The molecule has 2 aromatic rings. The number of ether oxygens (including phenoxy) is 1. The Morgan fingerprint density at radius 1 is 1.12 bits per heavy atom. The van der Waals surface area contributed by atoms with Gasteiger partial charge in [0.2, 0.25) is 0 Å². The number of hydrogen-bond donors (Lipinski definition) is 1. The molecule has 3 rings (SSSR count). The predicted molar refractivity (Wildman–Crippen MR) is 84.2 cm³/mol. The summed E-state index contributed by atoms with van der Waals surface area (Å²) in [7, 11) is 1.25. The number of carbonyl (C=O) groups excluding carboxylic acids is 2. The van der Waals surface area contributed by atoms with Crippen LogP contribution in [0.15, 0.2) is 36.4 Å². The SMILES string of the molecule is COc1cc([N+](=O)[O-])ccc1N1C(=O)c2ccc(C(=O)O)cc2C1=O. The quantitative estimate of drug-likeness (QED) is 0.512. The second-order valence-electron chi connectivity index (χ2n) is 5.12. The van der Waals surface area contributed by atoms with Gasteiger partial charge in [0.05, 0.1) is 40.5 Å². The lowest BCUT2D eigenvalue weighted by Gasteiger charge is -2.16. The molecule has 1 aliphatic rings. The van der Waals surface area contributed by atoms with E-state index in [0.717, 1.165) is 23.1 Å². The number of hydrogen-bond acceptors (Lipinski definition) is 6. The fraction of sp³-hybridized carbons (Fsp3) is 0.0625. The predicted octanol–water partition coefficient (Wildman–Crippen LogP) is 2.10. The number of nitro benzene ring substituents is 1. The maximum absolute atomic E-state index is 12.6. The Morgan fingerprint density at radius 2 is 1.80 bits per heavy atom. The first-order chi connectivity index (χ1) is 11.8. The van der Waals surface area contributed by atoms with Crippen molar-refractivity contribution in [2.24, 2.45) is 0 Å². The van der Waals surface area contributed by atoms with Gasteiger partial charge in [-0.25, -0.2) is 9.69 Å². The van der Waals surface area contributed by atoms with Crippen LogP contribution in [0.3, 0.4) is 0 Å². The highest BCUT2D eigenvalue weighted by molar-refractivity contribution is 6.35. The van der Waals surface area contributed by atoms with Crippen molar-refractivity contribution in [2.45, 2.75) is 0 Å². The van der Waals surface area contributed by atoms with Gasteiger partial charge in [-0.05, 0) is 24.3 Å². The van der Waals surface area contributed by atoms with Crippen LogP contribution < -0.4 is 9.64 Å². The molecule has 9 nitrogen and oxygen atoms in total. The lowest BCUT2D eigenvalue weighted by Crippen LogP contribution is -2.29. The molecule has 0 unspecified atom stereocenters. The van der Waals surface area contributed by atoms with E-state index >= 15 is 0 Å². The van der Waals surface area contributed by atoms with Crippen LogP contribution in [-0.4, -0.2) is 34.9 Å². The summed E-state index contributed by atoms with van der Waals surface area (Å²) in [6.45, 7) is 0. The molecule has 0 aromatic heterocycles. The second-order valence-corrected chi connectivity index (χ2v) is 5.12. The zero-order valence-corrected chi connectivity index (χ0v) is 12.8. The van der Waals surface area contributed by atoms with Gasteiger partial charge in [0.1, 0.15) is 5.75 Å². The van der Waals surface area contributed by atoms with E-state index in [1.807, 2.05) is 0 Å². The van der Waals surface area contributed by atoms with Gasteiger partial charge in [0, 0.05) is 6.07 Å². The van der Waals surface area contributed by atoms with Crippen molar-refractivity contribution in [3.05, 3.63) is 63.2 Å². The number of carbonyl (C=O) groups is 3. The topological polar surface area (TPSA) is 127 Å². The summed E-state index contributed by atoms with van der Waals surface area (Å²) in [4.78, 5) is 47.2. The van der Waals surface area contributed by atoms with Crippen molar-refractivity contribution in [1.82, 2.24) is 0 Å². The molecule has 9 heteroatoms. The normalized spacial score (nSPS) is 12.9. The molecule has 1 heterocycles. The number of nitro groups is 1. The molecular formula is C16H10N2O7. The number of methoxy groups -OCH3 is 1. The van der Waals surface area contributed by atoms with Gasteiger partial charge in [0.25, 0.3) is 17.5 Å². The number of aromatic carboxylic acids is 1. The third-order valence-electron chi connectivity index (χ3n) is 3.75. The van der Waals surface area contributed by atoms with Gasteiger partial charge in [0.15, 0.2) is 0 Å². The monoisotopic (exact) mass is 342 g/mol. The second kappa shape index (κ2) is 5.71. The van der Waals surface area contributed by atoms with Crippen LogP contribution in [0.1, 0.15) is 31.1 Å². The number of anilines is 1. The van der Waals surface area contributed by atoms with E-state index in [4.69, 9.17) is 9.84 Å². The number of amides is 2. The number of imide groups is 1. The maximum atomic E-state index is 12.6. The molecule has 0 saturated carbocycles. The van der Waals surface area contributed by atoms with Crippen molar-refractivity contribution >= 4 is 29.2 Å². The number of nitrogens with zero attached hydrogens (tertiary/aromatic N) is 2. The summed E-state index contributed by atoms with van der Waals surface area (Å²) in [6.07, 6.45) is 0. The summed E-state index contributed by atoms with van der Waals surface area (Å²) in [5.41, 5.74) is -0.348. The average molecular weight is 342 g/mol. The minimum Gasteiger partial charge on any atom is -0.494 e. The Labute approximate surface area is 140 Å². The van der Waals surface area contributed by atoms with Gasteiger partial charge in [-0.3, -0.25) is 19.7 Å². The van der Waals surface area contributed by atoms with Crippen molar-refractivity contribution in [3.8, 4) is 5.75 Å². The van der Waals surface area contributed by atoms with Crippen molar-refractivity contribution in [3.63, 3.8) is 0 Å². The molecule has 0 aliphatic carbocycles. The Kier molecular flexibility index (Phi) is 3.68. The van der Waals surface area contributed by atoms with E-state index in [1.54, 1.807) is 0 Å². The highest BCUT2D eigenvalue weighted by Crippen LogP contribution is 2.37. The standard InChI is InChI=1S/C16H10N2O7/c1-25-13-7-9(18(23)24)3-5-12(13)17-14(19)10-4-2-8(16(21)22)6-11(10)15(17)20/h2-7H,1H3,(H,21,22). The number of non-ortho nitro benzene ring substituents is 1. The van der Waals surface area contributed by atoms with E-state index in [1.165, 1.54) is 25.3 Å². The van der Waals surface area contributed by atoms with Crippen LogP contribution in [0.2, 0.25) is 0 Å². The molecule has 2 aromatic carbocycles. The molecule has 0 radical (unpaired) electrons. The Hall–Kier alpha value is -3.75. The molecule has 1 aliphatic heterocycles. The van der Waals surface area contributed by atoms with Crippen LogP contribution in [0.4, 0.5) is 11.4 Å². The first kappa shape index (κ1) is 16.1. The molecule has 0 bridgehead atoms. The van der Waals surface area contributed by atoms with Crippen LogP contribution in [0.5, 0.6) is 5.75 Å². The highest BCUT2D eigenvalue weighted by Gasteiger charge is 2.38. The molecule has 2 amide bonds. The lowest BCUT2D eigenvalue weighted by atomic mass is 10.1. The highest BCUT2D eigenvalue weighted by atomic mass is 16.6. The summed E-state index contributed by atoms with van der Waals surface area (Å²) in [6, 6.07) is 7.08. The molecule has 1 N–H and O–H groups in total. The van der Waals surface area contributed by atoms with E-state index in [2.05, 4.69) is 0 Å². The minimum absolute atomic E-state index is 0.0258. The van der Waals surface area contributed by atoms with E-state index in [9.17, 15) is 24.5 Å². The van der Waals surface area contributed by atoms with E-state index in [-0.39, 0.29) is 33.8 Å². The van der Waals surface area contributed by atoms with Gasteiger partial charge in [-0.2, -0.15) is 0 Å². The van der Waals surface area contributed by atoms with Crippen LogP contribution in [0.25, 0.3) is 0 Å². The van der Waals surface area contributed by atoms with Crippen molar-refractivity contribution in [2.75, 3.05) is 12.0 Å². The van der Waals surface area contributed by atoms with Gasteiger partial charge >= 0.3 is 5.97 Å². The summed E-state index contributed by atoms with van der Waals surface area (Å²) in [5.74, 6) is -2.64. The zero-order valence-electron chi connectivity index (χ0n) is 12.8. The lowest BCUT2D eigenvalue weighted by molar-refractivity contribution is -0.384. The van der Waals surface area contributed by atoms with Gasteiger partial charge in [-0.15, -0.1) is 0 Å². The number of carboxylic acid groups (broad SMARTS) is 1. The molecule has 0 saturated heterocycles. The number of rotatable bonds is 4. The molecule has 0 spiro atoms. The summed E-state index contributed by atoms with van der Waals surface area (Å²) < 4.78 is 5.06. The smallest absolute Gasteiger partial charge is 0.335 e. The van der Waals surface area contributed by atoms with E-state index in [0.29, 0.717) is 0 Å². The third kappa shape index (κ3) is 2.47. The molecule has 0 fully saturated rings. The third-order valence-corrected chi connectivity index (χ3v) is 3.75. The van der Waals surface area contributed by atoms with Crippen LogP contribution in [0, 0.1) is 10.1 Å². The van der Waals surface area contributed by atoms with Gasteiger partial charge in [-0.1, -0.05) is 0 Å². The summed E-state index contributed by atoms with van der Waals surface area (Å²) in [5, 5.41) is 19.9. The fourth-order valence-corrected chi connectivity index (χ4v) is 2.56. The zero-order chi connectivity index (χ0) is 18.3. The first-order valence-corrected chi connectivity index (χ1v) is 6.93. The Morgan fingerprint density at radius 3 is 2.40 bits per heavy atom.